The Morgan fingerprint density at radius 3 is 2.65 bits per heavy atom. The van der Waals surface area contributed by atoms with E-state index in [0.29, 0.717) is 5.02 Å². The largest absolute Gasteiger partial charge is 0.363 e. The van der Waals surface area contributed by atoms with Gasteiger partial charge in [0.15, 0.2) is 5.11 Å². The lowest BCUT2D eigenvalue weighted by molar-refractivity contribution is 0.174. The third kappa shape index (κ3) is 4.04. The molecule has 110 valence electrons. The van der Waals surface area contributed by atoms with Gasteiger partial charge in [-0.1, -0.05) is 17.7 Å². The Balaban J connectivity index is 1.86. The summed E-state index contributed by atoms with van der Waals surface area (Å²) in [5.74, 6) is -0.292. The van der Waals surface area contributed by atoms with Crippen molar-refractivity contribution >= 4 is 28.9 Å². The minimum Gasteiger partial charge on any atom is -0.363 e. The van der Waals surface area contributed by atoms with Crippen LogP contribution >= 0.6 is 23.8 Å². The summed E-state index contributed by atoms with van der Waals surface area (Å²) in [6.07, 6.45) is 0. The summed E-state index contributed by atoms with van der Waals surface area (Å²) in [6.45, 7) is 7.32. The van der Waals surface area contributed by atoms with Crippen LogP contribution in [-0.4, -0.2) is 47.6 Å². The number of hydrogen-bond acceptors (Lipinski definition) is 2. The van der Waals surface area contributed by atoms with Gasteiger partial charge in [-0.15, -0.1) is 0 Å². The second kappa shape index (κ2) is 7.20. The van der Waals surface area contributed by atoms with Crippen molar-refractivity contribution in [2.24, 2.45) is 0 Å². The second-order valence-electron chi connectivity index (χ2n) is 4.83. The zero-order valence-corrected chi connectivity index (χ0v) is 13.1. The van der Waals surface area contributed by atoms with Gasteiger partial charge < -0.3 is 10.2 Å². The molecule has 1 saturated heterocycles. The van der Waals surface area contributed by atoms with E-state index in [9.17, 15) is 4.39 Å². The van der Waals surface area contributed by atoms with E-state index in [1.54, 1.807) is 6.07 Å². The van der Waals surface area contributed by atoms with Gasteiger partial charge in [-0.25, -0.2) is 4.39 Å². The molecule has 2 rings (SSSR count). The van der Waals surface area contributed by atoms with Crippen molar-refractivity contribution < 1.29 is 4.39 Å². The Kier molecular flexibility index (Phi) is 5.57. The highest BCUT2D eigenvalue weighted by Gasteiger charge is 2.19. The average molecular weight is 316 g/mol. The number of rotatable bonds is 3. The van der Waals surface area contributed by atoms with Crippen LogP contribution in [0.1, 0.15) is 12.5 Å². The van der Waals surface area contributed by atoms with Crippen molar-refractivity contribution in [1.29, 1.82) is 0 Å². The normalized spacial score (nSPS) is 16.2. The fourth-order valence-corrected chi connectivity index (χ4v) is 2.82. The molecular weight excluding hydrogens is 297 g/mol. The highest BCUT2D eigenvalue weighted by atomic mass is 35.5. The summed E-state index contributed by atoms with van der Waals surface area (Å²) in [4.78, 5) is 4.49. The number of thiocarbonyl (C=S) groups is 1. The predicted molar refractivity (Wildman–Crippen MR) is 84.5 cm³/mol. The van der Waals surface area contributed by atoms with Gasteiger partial charge in [0.25, 0.3) is 0 Å². The maximum Gasteiger partial charge on any atom is 0.169 e. The lowest BCUT2D eigenvalue weighted by Crippen LogP contribution is -2.51. The Morgan fingerprint density at radius 1 is 1.35 bits per heavy atom. The zero-order valence-electron chi connectivity index (χ0n) is 11.5. The predicted octanol–water partition coefficient (Wildman–Crippen LogP) is 2.49. The van der Waals surface area contributed by atoms with Crippen molar-refractivity contribution in [2.45, 2.75) is 13.5 Å². The van der Waals surface area contributed by atoms with Crippen LogP contribution in [0.2, 0.25) is 5.02 Å². The summed E-state index contributed by atoms with van der Waals surface area (Å²) in [5, 5.41) is 4.49. The maximum atomic E-state index is 13.0. The molecule has 0 unspecified atom stereocenters. The molecule has 0 aliphatic carbocycles. The van der Waals surface area contributed by atoms with Crippen LogP contribution < -0.4 is 5.32 Å². The molecule has 1 aromatic rings. The third-order valence-corrected chi connectivity index (χ3v) is 4.15. The van der Waals surface area contributed by atoms with Gasteiger partial charge >= 0.3 is 0 Å². The number of halogens is 2. The van der Waals surface area contributed by atoms with Crippen molar-refractivity contribution in [2.75, 3.05) is 32.7 Å². The summed E-state index contributed by atoms with van der Waals surface area (Å²) in [7, 11) is 0. The van der Waals surface area contributed by atoms with Gasteiger partial charge in [-0.3, -0.25) is 4.90 Å². The SMILES string of the molecule is CCNC(=S)N1CCN(Cc2ccc(F)cc2Cl)CC1. The molecule has 1 N–H and O–H groups in total. The lowest BCUT2D eigenvalue weighted by Gasteiger charge is -2.36. The quantitative estimate of drug-likeness (QED) is 0.864. The fourth-order valence-electron chi connectivity index (χ4n) is 2.26. The maximum absolute atomic E-state index is 13.0. The summed E-state index contributed by atoms with van der Waals surface area (Å²) in [5.41, 5.74) is 0.968. The van der Waals surface area contributed by atoms with Gasteiger partial charge in [-0.05, 0) is 36.8 Å². The fraction of sp³-hybridized carbons (Fsp3) is 0.500. The Labute approximate surface area is 129 Å². The minimum absolute atomic E-state index is 0.292. The smallest absolute Gasteiger partial charge is 0.169 e. The first kappa shape index (κ1) is 15.5. The molecule has 0 radical (unpaired) electrons. The molecule has 20 heavy (non-hydrogen) atoms. The van der Waals surface area contributed by atoms with Crippen LogP contribution in [0.15, 0.2) is 18.2 Å². The molecule has 0 amide bonds. The van der Waals surface area contributed by atoms with Crippen LogP contribution in [0, 0.1) is 5.82 Å². The van der Waals surface area contributed by atoms with Crippen LogP contribution in [0.3, 0.4) is 0 Å². The van der Waals surface area contributed by atoms with Crippen molar-refractivity contribution in [3.63, 3.8) is 0 Å². The van der Waals surface area contributed by atoms with Crippen molar-refractivity contribution in [3.8, 4) is 0 Å². The molecule has 0 atom stereocenters. The first-order valence-corrected chi connectivity index (χ1v) is 7.58. The first-order chi connectivity index (χ1) is 9.60. The molecule has 3 nitrogen and oxygen atoms in total. The molecule has 1 heterocycles. The van der Waals surface area contributed by atoms with E-state index < -0.39 is 0 Å². The van der Waals surface area contributed by atoms with Crippen molar-refractivity contribution in [3.05, 3.63) is 34.6 Å². The molecule has 0 saturated carbocycles. The van der Waals surface area contributed by atoms with Gasteiger partial charge in [0.2, 0.25) is 0 Å². The van der Waals surface area contributed by atoms with E-state index in [-0.39, 0.29) is 5.82 Å². The number of piperazine rings is 1. The molecule has 6 heteroatoms. The minimum atomic E-state index is -0.292. The number of hydrogen-bond donors (Lipinski definition) is 1. The van der Waals surface area contributed by atoms with E-state index in [1.165, 1.54) is 12.1 Å². The molecule has 1 aromatic carbocycles. The van der Waals surface area contributed by atoms with E-state index in [2.05, 4.69) is 15.1 Å². The van der Waals surface area contributed by atoms with Crippen molar-refractivity contribution in [1.82, 2.24) is 15.1 Å². The zero-order chi connectivity index (χ0) is 14.5. The van der Waals surface area contributed by atoms with Crippen LogP contribution in [0.5, 0.6) is 0 Å². The molecular formula is C14H19ClFN3S. The lowest BCUT2D eigenvalue weighted by atomic mass is 10.2. The average Bonchev–Trinajstić information content (AvgIpc) is 2.43. The summed E-state index contributed by atoms with van der Waals surface area (Å²) < 4.78 is 13.0. The number of benzene rings is 1. The summed E-state index contributed by atoms with van der Waals surface area (Å²) in [6, 6.07) is 4.58. The third-order valence-electron chi connectivity index (χ3n) is 3.40. The Morgan fingerprint density at radius 2 is 2.05 bits per heavy atom. The molecule has 1 aliphatic rings. The molecule has 0 aromatic heterocycles. The van der Waals surface area contributed by atoms with E-state index in [4.69, 9.17) is 23.8 Å². The highest BCUT2D eigenvalue weighted by molar-refractivity contribution is 7.80. The van der Waals surface area contributed by atoms with Crippen LogP contribution in [-0.2, 0) is 6.54 Å². The van der Waals surface area contributed by atoms with Crippen LogP contribution in [0.25, 0.3) is 0 Å². The molecule has 0 bridgehead atoms. The van der Waals surface area contributed by atoms with Gasteiger partial charge in [0.05, 0.1) is 0 Å². The number of nitrogens with zero attached hydrogens (tertiary/aromatic N) is 2. The van der Waals surface area contributed by atoms with E-state index in [0.717, 1.165) is 49.9 Å². The van der Waals surface area contributed by atoms with Gasteiger partial charge in [0.1, 0.15) is 5.82 Å². The van der Waals surface area contributed by atoms with E-state index in [1.807, 2.05) is 6.92 Å². The molecule has 0 spiro atoms. The Hall–Kier alpha value is -0.910. The summed E-state index contributed by atoms with van der Waals surface area (Å²) >= 11 is 11.4. The monoisotopic (exact) mass is 315 g/mol. The van der Waals surface area contributed by atoms with Crippen LogP contribution in [0.4, 0.5) is 4.39 Å². The highest BCUT2D eigenvalue weighted by Crippen LogP contribution is 2.19. The molecule has 1 aliphatic heterocycles. The standard InChI is InChI=1S/C14H19ClFN3S/c1-2-17-14(20)19-7-5-18(6-8-19)10-11-3-4-12(16)9-13(11)15/h3-4,9H,2,5-8,10H2,1H3,(H,17,20). The number of nitrogens with one attached hydrogen (secondary N) is 1. The van der Waals surface area contributed by atoms with Gasteiger partial charge in [0, 0.05) is 44.3 Å². The van der Waals surface area contributed by atoms with E-state index >= 15 is 0 Å². The second-order valence-corrected chi connectivity index (χ2v) is 5.63. The topological polar surface area (TPSA) is 18.5 Å². The van der Waals surface area contributed by atoms with Gasteiger partial charge in [-0.2, -0.15) is 0 Å². The molecule has 1 fully saturated rings. The Bertz CT molecular complexity index is 475. The first-order valence-electron chi connectivity index (χ1n) is 6.79.